The summed E-state index contributed by atoms with van der Waals surface area (Å²) in [5.74, 6) is 0.542. The first kappa shape index (κ1) is 20.8. The summed E-state index contributed by atoms with van der Waals surface area (Å²) >= 11 is 0. The Morgan fingerprint density at radius 1 is 1.24 bits per heavy atom. The van der Waals surface area contributed by atoms with Crippen molar-refractivity contribution in [2.75, 3.05) is 20.2 Å². The van der Waals surface area contributed by atoms with Crippen LogP contribution in [0.1, 0.15) is 35.1 Å². The molecule has 0 bridgehead atoms. The third kappa shape index (κ3) is 4.93. The Hall–Kier alpha value is -2.91. The van der Waals surface area contributed by atoms with Crippen LogP contribution in [0.3, 0.4) is 0 Å². The molecule has 1 aromatic carbocycles. The van der Waals surface area contributed by atoms with Crippen molar-refractivity contribution in [3.8, 4) is 11.4 Å². The molecule has 1 saturated heterocycles. The molecule has 154 valence electrons. The zero-order valence-electron chi connectivity index (χ0n) is 16.1. The van der Waals surface area contributed by atoms with E-state index in [0.29, 0.717) is 18.3 Å². The normalized spacial score (nSPS) is 14.2. The van der Waals surface area contributed by atoms with Crippen molar-refractivity contribution in [3.63, 3.8) is 0 Å². The Balaban J connectivity index is 0.00000240. The van der Waals surface area contributed by atoms with Gasteiger partial charge in [0.25, 0.3) is 5.91 Å². The number of aromatic nitrogens is 5. The predicted molar refractivity (Wildman–Crippen MR) is 110 cm³/mol. The van der Waals surface area contributed by atoms with Crippen molar-refractivity contribution in [2.45, 2.75) is 25.4 Å². The van der Waals surface area contributed by atoms with E-state index in [0.717, 1.165) is 43.1 Å². The molecule has 1 aliphatic heterocycles. The van der Waals surface area contributed by atoms with Gasteiger partial charge in [-0.25, -0.2) is 9.36 Å². The summed E-state index contributed by atoms with van der Waals surface area (Å²) in [5.41, 5.74) is 2.01. The lowest BCUT2D eigenvalue weighted by Crippen LogP contribution is -2.29. The monoisotopic (exact) mass is 417 g/mol. The molecule has 9 nitrogen and oxygen atoms in total. The Morgan fingerprint density at radius 3 is 2.72 bits per heavy atom. The Morgan fingerprint density at radius 2 is 2.00 bits per heavy atom. The maximum atomic E-state index is 12.4. The molecule has 1 fully saturated rings. The molecule has 0 spiro atoms. The van der Waals surface area contributed by atoms with E-state index >= 15 is 0 Å². The highest BCUT2D eigenvalue weighted by atomic mass is 35.5. The van der Waals surface area contributed by atoms with Gasteiger partial charge < -0.3 is 15.4 Å². The van der Waals surface area contributed by atoms with Crippen molar-refractivity contribution < 1.29 is 9.53 Å². The first-order valence-corrected chi connectivity index (χ1v) is 9.32. The van der Waals surface area contributed by atoms with Gasteiger partial charge in [0.2, 0.25) is 0 Å². The molecule has 3 aromatic rings. The van der Waals surface area contributed by atoms with Gasteiger partial charge in [0.05, 0.1) is 37.3 Å². The van der Waals surface area contributed by atoms with Crippen LogP contribution < -0.4 is 15.4 Å². The number of amides is 1. The number of methoxy groups -OCH3 is 1. The highest BCUT2D eigenvalue weighted by Gasteiger charge is 2.18. The van der Waals surface area contributed by atoms with Crippen molar-refractivity contribution in [1.29, 1.82) is 0 Å². The number of halogens is 1. The molecular formula is C19H24ClN7O2. The number of rotatable bonds is 6. The fourth-order valence-electron chi connectivity index (χ4n) is 3.23. The largest absolute Gasteiger partial charge is 0.497 e. The Bertz CT molecular complexity index is 932. The Kier molecular flexibility index (Phi) is 6.84. The first-order chi connectivity index (χ1) is 13.7. The average Bonchev–Trinajstić information content (AvgIpc) is 3.43. The van der Waals surface area contributed by atoms with Crippen LogP contribution >= 0.6 is 12.4 Å². The van der Waals surface area contributed by atoms with E-state index in [1.54, 1.807) is 22.7 Å². The highest BCUT2D eigenvalue weighted by Crippen LogP contribution is 2.17. The lowest BCUT2D eigenvalue weighted by atomic mass is 10.1. The smallest absolute Gasteiger partial charge is 0.273 e. The minimum Gasteiger partial charge on any atom is -0.497 e. The topological polar surface area (TPSA) is 98.9 Å². The molecule has 0 atom stereocenters. The van der Waals surface area contributed by atoms with Crippen LogP contribution in [0.25, 0.3) is 5.69 Å². The van der Waals surface area contributed by atoms with Crippen molar-refractivity contribution in [2.24, 2.45) is 0 Å². The van der Waals surface area contributed by atoms with Crippen molar-refractivity contribution in [1.82, 2.24) is 35.4 Å². The SMILES string of the molecule is COc1ccc(-n2ccc(CNC(=O)c3cn(C4CCNCC4)nn3)n2)cc1.Cl. The van der Waals surface area contributed by atoms with Crippen LogP contribution in [0.2, 0.25) is 0 Å². The minimum absolute atomic E-state index is 0. The summed E-state index contributed by atoms with van der Waals surface area (Å²) in [6.45, 7) is 2.24. The van der Waals surface area contributed by atoms with E-state index < -0.39 is 0 Å². The maximum Gasteiger partial charge on any atom is 0.273 e. The van der Waals surface area contributed by atoms with E-state index in [1.807, 2.05) is 36.5 Å². The number of nitrogens with one attached hydrogen (secondary N) is 2. The second-order valence-electron chi connectivity index (χ2n) is 6.70. The minimum atomic E-state index is -0.251. The summed E-state index contributed by atoms with van der Waals surface area (Å²) < 4.78 is 8.72. The Labute approximate surface area is 174 Å². The summed E-state index contributed by atoms with van der Waals surface area (Å²) in [4.78, 5) is 12.4. The second-order valence-corrected chi connectivity index (χ2v) is 6.70. The summed E-state index contributed by atoms with van der Waals surface area (Å²) in [7, 11) is 1.63. The molecule has 0 unspecified atom stereocenters. The number of piperidine rings is 1. The maximum absolute atomic E-state index is 12.4. The highest BCUT2D eigenvalue weighted by molar-refractivity contribution is 5.91. The zero-order chi connectivity index (χ0) is 19.3. The van der Waals surface area contributed by atoms with Crippen LogP contribution in [-0.2, 0) is 6.54 Å². The average molecular weight is 418 g/mol. The van der Waals surface area contributed by atoms with E-state index in [2.05, 4.69) is 26.0 Å². The van der Waals surface area contributed by atoms with Gasteiger partial charge in [-0.3, -0.25) is 4.79 Å². The van der Waals surface area contributed by atoms with Crippen LogP contribution in [0.5, 0.6) is 5.75 Å². The van der Waals surface area contributed by atoms with Crippen LogP contribution in [0.15, 0.2) is 42.7 Å². The van der Waals surface area contributed by atoms with E-state index in [9.17, 15) is 4.79 Å². The van der Waals surface area contributed by atoms with Crippen molar-refractivity contribution in [3.05, 3.63) is 54.1 Å². The molecule has 1 aliphatic rings. The van der Waals surface area contributed by atoms with Crippen LogP contribution in [-0.4, -0.2) is 50.9 Å². The van der Waals surface area contributed by atoms with E-state index in [1.165, 1.54) is 0 Å². The molecule has 29 heavy (non-hydrogen) atoms. The standard InChI is InChI=1S/C19H23N7O2.ClH/c1-28-17-4-2-15(3-5-17)25-11-8-14(23-25)12-21-19(27)18-13-26(24-22-18)16-6-9-20-10-7-16;/h2-5,8,11,13,16,20H,6-7,9-10,12H2,1H3,(H,21,27);1H. The molecule has 0 saturated carbocycles. The number of hydrogen-bond acceptors (Lipinski definition) is 6. The van der Waals surface area contributed by atoms with Crippen LogP contribution in [0.4, 0.5) is 0 Å². The lowest BCUT2D eigenvalue weighted by Gasteiger charge is -2.22. The lowest BCUT2D eigenvalue weighted by molar-refractivity contribution is 0.0945. The van der Waals surface area contributed by atoms with Gasteiger partial charge in [0.1, 0.15) is 5.75 Å². The number of carbonyl (C=O) groups is 1. The summed E-state index contributed by atoms with van der Waals surface area (Å²) in [5, 5.41) is 18.8. The molecule has 4 rings (SSSR count). The molecular weight excluding hydrogens is 394 g/mol. The number of carbonyl (C=O) groups excluding carboxylic acids is 1. The van der Waals surface area contributed by atoms with Crippen molar-refractivity contribution >= 4 is 18.3 Å². The van der Waals surface area contributed by atoms with E-state index in [-0.39, 0.29) is 18.3 Å². The van der Waals surface area contributed by atoms with Gasteiger partial charge in [-0.1, -0.05) is 5.21 Å². The quantitative estimate of drug-likeness (QED) is 0.634. The van der Waals surface area contributed by atoms with Gasteiger partial charge >= 0.3 is 0 Å². The molecule has 0 radical (unpaired) electrons. The number of nitrogens with zero attached hydrogens (tertiary/aromatic N) is 5. The first-order valence-electron chi connectivity index (χ1n) is 9.32. The molecule has 2 aromatic heterocycles. The van der Waals surface area contributed by atoms with Gasteiger partial charge in [-0.2, -0.15) is 5.10 Å². The fraction of sp³-hybridized carbons (Fsp3) is 0.368. The molecule has 10 heteroatoms. The summed E-state index contributed by atoms with van der Waals surface area (Å²) in [6, 6.07) is 9.78. The van der Waals surface area contributed by atoms with Gasteiger partial charge in [-0.15, -0.1) is 17.5 Å². The van der Waals surface area contributed by atoms with E-state index in [4.69, 9.17) is 4.74 Å². The molecule has 3 heterocycles. The summed E-state index contributed by atoms with van der Waals surface area (Å²) in [6.07, 6.45) is 5.57. The van der Waals surface area contributed by atoms with Crippen LogP contribution in [0, 0.1) is 0 Å². The number of benzene rings is 1. The molecule has 2 N–H and O–H groups in total. The molecule has 1 amide bonds. The fourth-order valence-corrected chi connectivity index (χ4v) is 3.23. The second kappa shape index (κ2) is 9.53. The van der Waals surface area contributed by atoms with Gasteiger partial charge in [0, 0.05) is 6.20 Å². The third-order valence-corrected chi connectivity index (χ3v) is 4.84. The predicted octanol–water partition coefficient (Wildman–Crippen LogP) is 1.75. The zero-order valence-corrected chi connectivity index (χ0v) is 16.9. The molecule has 0 aliphatic carbocycles. The van der Waals surface area contributed by atoms with Gasteiger partial charge in [0.15, 0.2) is 5.69 Å². The third-order valence-electron chi connectivity index (χ3n) is 4.84. The van der Waals surface area contributed by atoms with Gasteiger partial charge in [-0.05, 0) is 56.3 Å². The number of ether oxygens (including phenoxy) is 1. The number of hydrogen-bond donors (Lipinski definition) is 2.